The molecular formula is C30H50O2Si. The molecule has 1 unspecified atom stereocenters. The van der Waals surface area contributed by atoms with Gasteiger partial charge < -0.3 is 4.43 Å². The van der Waals surface area contributed by atoms with E-state index in [-0.39, 0.29) is 5.92 Å². The third kappa shape index (κ3) is 4.88. The van der Waals surface area contributed by atoms with Gasteiger partial charge in [0.1, 0.15) is 5.78 Å². The van der Waals surface area contributed by atoms with E-state index in [9.17, 15) is 4.79 Å². The number of carbonyl (C=O) groups is 1. The summed E-state index contributed by atoms with van der Waals surface area (Å²) >= 11 is 0. The number of allylic oxidation sites excluding steroid dienone is 4. The maximum atomic E-state index is 12.8. The molecule has 0 saturated heterocycles. The van der Waals surface area contributed by atoms with E-state index < -0.39 is 8.32 Å². The Labute approximate surface area is 205 Å². The van der Waals surface area contributed by atoms with E-state index in [0.717, 1.165) is 30.6 Å². The molecule has 0 N–H and O–H groups in total. The number of hydrogen-bond donors (Lipinski definition) is 0. The number of carbonyl (C=O) groups excluding carboxylic acids is 1. The highest BCUT2D eigenvalue weighted by Gasteiger charge is 2.56. The van der Waals surface area contributed by atoms with Crippen molar-refractivity contribution in [3.8, 4) is 0 Å². The van der Waals surface area contributed by atoms with E-state index in [4.69, 9.17) is 4.43 Å². The van der Waals surface area contributed by atoms with Gasteiger partial charge >= 0.3 is 0 Å². The van der Waals surface area contributed by atoms with Crippen molar-refractivity contribution in [1.29, 1.82) is 0 Å². The summed E-state index contributed by atoms with van der Waals surface area (Å²) in [6.07, 6.45) is 17.9. The van der Waals surface area contributed by atoms with Crippen LogP contribution in [0, 0.1) is 40.4 Å². The molecule has 3 saturated carbocycles. The summed E-state index contributed by atoms with van der Waals surface area (Å²) in [5.41, 5.74) is 4.42. The first-order chi connectivity index (χ1) is 15.5. The van der Waals surface area contributed by atoms with Gasteiger partial charge in [-0.05, 0) is 106 Å². The summed E-state index contributed by atoms with van der Waals surface area (Å²) in [5, 5.41) is 0. The SMILES string of the molecule is CC(CO[Si](C)(C)C)C(=O)CC[C@@H](C)[C@H]1CC[C@H]2C3=CC=C4CCCC[C@]4(C)[C@H]3CC[C@]12C. The van der Waals surface area contributed by atoms with Crippen LogP contribution >= 0.6 is 0 Å². The second kappa shape index (κ2) is 9.41. The van der Waals surface area contributed by atoms with Crippen molar-refractivity contribution in [2.75, 3.05) is 6.61 Å². The minimum Gasteiger partial charge on any atom is -0.417 e. The Kier molecular flexibility index (Phi) is 7.25. The lowest BCUT2D eigenvalue weighted by atomic mass is 9.50. The standard InChI is InChI=1S/C30H50O2Si/c1-21(11-16-28(31)22(2)20-32-33(5,6)7)25-14-15-26-24-13-12-23-10-8-9-18-29(23,3)27(24)17-19-30(25,26)4/h12-13,21-22,25-27H,8-11,14-20H2,1-7H3/t21-,22?,25-,26+,27+,29+,30-/m1/s1. The molecule has 0 spiro atoms. The summed E-state index contributed by atoms with van der Waals surface area (Å²) in [7, 11) is -1.55. The van der Waals surface area contributed by atoms with Crippen molar-refractivity contribution in [1.82, 2.24) is 0 Å². The molecular weight excluding hydrogens is 420 g/mol. The maximum Gasteiger partial charge on any atom is 0.183 e. The van der Waals surface area contributed by atoms with Crippen molar-refractivity contribution in [3.63, 3.8) is 0 Å². The van der Waals surface area contributed by atoms with Crippen LogP contribution in [-0.2, 0) is 9.22 Å². The Morgan fingerprint density at radius 3 is 2.55 bits per heavy atom. The number of rotatable bonds is 8. The van der Waals surface area contributed by atoms with Crippen LogP contribution in [0.2, 0.25) is 19.6 Å². The molecule has 0 aromatic carbocycles. The molecule has 3 fully saturated rings. The van der Waals surface area contributed by atoms with Crippen molar-refractivity contribution in [2.45, 2.75) is 112 Å². The van der Waals surface area contributed by atoms with Gasteiger partial charge in [-0.2, -0.15) is 0 Å². The van der Waals surface area contributed by atoms with Gasteiger partial charge in [0.05, 0.1) is 0 Å². The second-order valence-corrected chi connectivity index (χ2v) is 18.1. The molecule has 0 amide bonds. The molecule has 0 aromatic rings. The van der Waals surface area contributed by atoms with Crippen molar-refractivity contribution in [3.05, 3.63) is 23.3 Å². The maximum absolute atomic E-state index is 12.8. The highest BCUT2D eigenvalue weighted by Crippen LogP contribution is 2.66. The summed E-state index contributed by atoms with van der Waals surface area (Å²) < 4.78 is 6.01. The molecule has 7 atom stereocenters. The monoisotopic (exact) mass is 470 g/mol. The van der Waals surface area contributed by atoms with E-state index in [0.29, 0.717) is 29.1 Å². The molecule has 3 heteroatoms. The third-order valence-electron chi connectivity index (χ3n) is 10.4. The minimum atomic E-state index is -1.55. The largest absolute Gasteiger partial charge is 0.417 e. The van der Waals surface area contributed by atoms with Gasteiger partial charge in [0.25, 0.3) is 0 Å². The molecule has 4 aliphatic carbocycles. The fourth-order valence-electron chi connectivity index (χ4n) is 8.30. The zero-order valence-corrected chi connectivity index (χ0v) is 23.6. The lowest BCUT2D eigenvalue weighted by Gasteiger charge is -2.54. The predicted molar refractivity (Wildman–Crippen MR) is 142 cm³/mol. The van der Waals surface area contributed by atoms with E-state index in [1.165, 1.54) is 51.4 Å². The number of hydrogen-bond acceptors (Lipinski definition) is 2. The molecule has 0 heterocycles. The average molecular weight is 471 g/mol. The zero-order valence-electron chi connectivity index (χ0n) is 22.6. The molecule has 4 rings (SSSR count). The van der Waals surface area contributed by atoms with Crippen LogP contribution in [0.5, 0.6) is 0 Å². The second-order valence-electron chi connectivity index (χ2n) is 13.6. The summed E-state index contributed by atoms with van der Waals surface area (Å²) in [6.45, 7) is 16.9. The summed E-state index contributed by atoms with van der Waals surface area (Å²) in [5.74, 6) is 3.39. The van der Waals surface area contributed by atoms with Crippen LogP contribution in [0.15, 0.2) is 23.3 Å². The number of Topliss-reactive ketones (excluding diaryl/α,β-unsaturated/α-hetero) is 1. The van der Waals surface area contributed by atoms with Crippen LogP contribution in [0.3, 0.4) is 0 Å². The molecule has 0 bridgehead atoms. The molecule has 33 heavy (non-hydrogen) atoms. The summed E-state index contributed by atoms with van der Waals surface area (Å²) in [6, 6.07) is 0. The first-order valence-corrected chi connectivity index (χ1v) is 17.4. The Balaban J connectivity index is 1.39. The zero-order chi connectivity index (χ0) is 24.0. The topological polar surface area (TPSA) is 26.3 Å². The van der Waals surface area contributed by atoms with Crippen LogP contribution < -0.4 is 0 Å². The van der Waals surface area contributed by atoms with Crippen LogP contribution in [0.25, 0.3) is 0 Å². The molecule has 0 aromatic heterocycles. The molecule has 0 radical (unpaired) electrons. The van der Waals surface area contributed by atoms with E-state index in [1.807, 2.05) is 0 Å². The number of fused-ring (bicyclic) bond motifs is 5. The lowest BCUT2D eigenvalue weighted by molar-refractivity contribution is -0.123. The molecule has 0 aliphatic heterocycles. The smallest absolute Gasteiger partial charge is 0.183 e. The third-order valence-corrected chi connectivity index (χ3v) is 11.4. The molecule has 186 valence electrons. The van der Waals surface area contributed by atoms with Crippen LogP contribution in [0.4, 0.5) is 0 Å². The van der Waals surface area contributed by atoms with E-state index >= 15 is 0 Å². The molecule has 2 nitrogen and oxygen atoms in total. The van der Waals surface area contributed by atoms with Gasteiger partial charge in [-0.1, -0.05) is 57.4 Å². The number of ketones is 1. The fraction of sp³-hybridized carbons (Fsp3) is 0.833. The van der Waals surface area contributed by atoms with Crippen molar-refractivity contribution in [2.24, 2.45) is 40.4 Å². The van der Waals surface area contributed by atoms with Gasteiger partial charge in [0.2, 0.25) is 0 Å². The quantitative estimate of drug-likeness (QED) is 0.333. The predicted octanol–water partition coefficient (Wildman–Crippen LogP) is 8.35. The average Bonchev–Trinajstić information content (AvgIpc) is 3.12. The Morgan fingerprint density at radius 2 is 1.82 bits per heavy atom. The van der Waals surface area contributed by atoms with Crippen LogP contribution in [-0.4, -0.2) is 20.7 Å². The van der Waals surface area contributed by atoms with Crippen LogP contribution in [0.1, 0.15) is 91.9 Å². The van der Waals surface area contributed by atoms with E-state index in [2.05, 4.69) is 59.5 Å². The minimum absolute atomic E-state index is 0.0379. The Bertz CT molecular complexity index is 805. The van der Waals surface area contributed by atoms with Crippen molar-refractivity contribution < 1.29 is 9.22 Å². The van der Waals surface area contributed by atoms with Gasteiger partial charge in [0, 0.05) is 18.9 Å². The van der Waals surface area contributed by atoms with Crippen molar-refractivity contribution >= 4 is 14.1 Å². The highest BCUT2D eigenvalue weighted by molar-refractivity contribution is 6.69. The fourth-order valence-corrected chi connectivity index (χ4v) is 9.05. The van der Waals surface area contributed by atoms with Gasteiger partial charge in [-0.3, -0.25) is 4.79 Å². The normalized spacial score (nSPS) is 37.8. The van der Waals surface area contributed by atoms with Gasteiger partial charge in [-0.25, -0.2) is 0 Å². The van der Waals surface area contributed by atoms with E-state index in [1.54, 1.807) is 11.1 Å². The first kappa shape index (κ1) is 25.4. The lowest BCUT2D eigenvalue weighted by Crippen LogP contribution is -2.45. The van der Waals surface area contributed by atoms with Gasteiger partial charge in [-0.15, -0.1) is 0 Å². The molecule has 4 aliphatic rings. The highest BCUT2D eigenvalue weighted by atomic mass is 28.4. The first-order valence-electron chi connectivity index (χ1n) is 14.0. The summed E-state index contributed by atoms with van der Waals surface area (Å²) in [4.78, 5) is 12.8. The van der Waals surface area contributed by atoms with Gasteiger partial charge in [0.15, 0.2) is 8.32 Å². The Morgan fingerprint density at radius 1 is 1.06 bits per heavy atom. The Hall–Kier alpha value is -0.673.